The molecule has 0 fully saturated rings. The van der Waals surface area contributed by atoms with Crippen molar-refractivity contribution >= 4 is 15.9 Å². The lowest BCUT2D eigenvalue weighted by molar-refractivity contribution is 0.446. The maximum atomic E-state index is 11.3. The van der Waals surface area contributed by atoms with Gasteiger partial charge in [-0.3, -0.25) is 4.79 Å². The number of hydrogen-bond acceptors (Lipinski definition) is 4. The normalized spacial score (nSPS) is 10.5. The summed E-state index contributed by atoms with van der Waals surface area (Å²) in [6.45, 7) is 1.82. The Kier molecular flexibility index (Phi) is 2.36. The van der Waals surface area contributed by atoms with Gasteiger partial charge in [-0.25, -0.2) is 0 Å². The molecule has 0 aromatic carbocycles. The Morgan fingerprint density at radius 3 is 2.87 bits per heavy atom. The smallest absolute Gasteiger partial charge is 0.269 e. The van der Waals surface area contributed by atoms with Crippen LogP contribution in [0.2, 0.25) is 0 Å². The number of aryl methyl sites for hydroxylation is 1. The second kappa shape index (κ2) is 3.54. The molecule has 0 unspecified atom stereocenters. The van der Waals surface area contributed by atoms with E-state index in [4.69, 9.17) is 4.42 Å². The van der Waals surface area contributed by atoms with E-state index in [1.807, 2.05) is 6.92 Å². The van der Waals surface area contributed by atoms with Crippen molar-refractivity contribution in [1.29, 1.82) is 0 Å². The van der Waals surface area contributed by atoms with Crippen LogP contribution in [0.4, 0.5) is 0 Å². The van der Waals surface area contributed by atoms with Gasteiger partial charge in [-0.15, -0.1) is 0 Å². The van der Waals surface area contributed by atoms with Crippen molar-refractivity contribution in [2.24, 2.45) is 0 Å². The summed E-state index contributed by atoms with van der Waals surface area (Å²) in [4.78, 5) is 17.6. The fraction of sp³-hybridized carbons (Fsp3) is 0.111. The first-order valence-corrected chi connectivity index (χ1v) is 4.92. The lowest BCUT2D eigenvalue weighted by Gasteiger charge is -2.00. The molecule has 2 N–H and O–H groups in total. The zero-order valence-corrected chi connectivity index (χ0v) is 9.33. The van der Waals surface area contributed by atoms with Gasteiger partial charge in [0, 0.05) is 0 Å². The molecular weight excluding hydrogens is 264 g/mol. The number of aromatic nitrogens is 2. The molecular formula is C9H7BrN2O3. The van der Waals surface area contributed by atoms with Crippen LogP contribution in [-0.4, -0.2) is 15.1 Å². The molecule has 0 bridgehead atoms. The van der Waals surface area contributed by atoms with Crippen LogP contribution >= 0.6 is 15.9 Å². The van der Waals surface area contributed by atoms with Crippen molar-refractivity contribution in [2.75, 3.05) is 0 Å². The standard InChI is InChI=1S/C9H7BrN2O3/c1-4-2-3-15-6(4)7-11-8(13)5(10)9(14)12-7/h2-3H,1H3,(H2,11,12,13,14). The van der Waals surface area contributed by atoms with Gasteiger partial charge in [0.1, 0.15) is 4.47 Å². The van der Waals surface area contributed by atoms with Crippen LogP contribution in [0.1, 0.15) is 5.56 Å². The quantitative estimate of drug-likeness (QED) is 0.828. The van der Waals surface area contributed by atoms with Gasteiger partial charge in [0.05, 0.1) is 6.26 Å². The topological polar surface area (TPSA) is 79.1 Å². The zero-order valence-electron chi connectivity index (χ0n) is 7.74. The first-order valence-electron chi connectivity index (χ1n) is 4.13. The van der Waals surface area contributed by atoms with Crippen molar-refractivity contribution in [3.8, 4) is 17.5 Å². The van der Waals surface area contributed by atoms with Crippen LogP contribution in [0.15, 0.2) is 26.0 Å². The molecule has 0 aliphatic carbocycles. The number of aromatic amines is 1. The number of nitrogens with one attached hydrogen (secondary N) is 1. The fourth-order valence-corrected chi connectivity index (χ4v) is 1.36. The molecule has 0 atom stereocenters. The van der Waals surface area contributed by atoms with Gasteiger partial charge in [-0.2, -0.15) is 4.98 Å². The highest BCUT2D eigenvalue weighted by atomic mass is 79.9. The molecule has 0 aliphatic heterocycles. The second-order valence-electron chi connectivity index (χ2n) is 2.98. The molecule has 0 aliphatic rings. The Balaban J connectivity index is 2.66. The Morgan fingerprint density at radius 1 is 1.60 bits per heavy atom. The number of aromatic hydroxyl groups is 1. The van der Waals surface area contributed by atoms with Crippen LogP contribution in [0.5, 0.6) is 5.88 Å². The van der Waals surface area contributed by atoms with Crippen LogP contribution in [-0.2, 0) is 0 Å². The van der Waals surface area contributed by atoms with Crippen molar-refractivity contribution in [3.63, 3.8) is 0 Å². The number of hydrogen-bond donors (Lipinski definition) is 2. The van der Waals surface area contributed by atoms with E-state index >= 15 is 0 Å². The average molecular weight is 271 g/mol. The fourth-order valence-electron chi connectivity index (χ4n) is 1.17. The summed E-state index contributed by atoms with van der Waals surface area (Å²) in [5.74, 6) is 0.294. The van der Waals surface area contributed by atoms with Crippen LogP contribution in [0.3, 0.4) is 0 Å². The summed E-state index contributed by atoms with van der Waals surface area (Å²) in [6.07, 6.45) is 1.49. The lowest BCUT2D eigenvalue weighted by atomic mass is 10.3. The van der Waals surface area contributed by atoms with Gasteiger partial charge in [0.2, 0.25) is 5.88 Å². The summed E-state index contributed by atoms with van der Waals surface area (Å²) in [5, 5.41) is 9.35. The number of H-pyrrole nitrogens is 1. The summed E-state index contributed by atoms with van der Waals surface area (Å²) < 4.78 is 5.15. The molecule has 2 heterocycles. The van der Waals surface area contributed by atoms with Gasteiger partial charge < -0.3 is 14.5 Å². The molecule has 6 heteroatoms. The van der Waals surface area contributed by atoms with Crippen LogP contribution < -0.4 is 5.56 Å². The Morgan fingerprint density at radius 2 is 2.33 bits per heavy atom. The lowest BCUT2D eigenvalue weighted by Crippen LogP contribution is -2.09. The molecule has 0 saturated carbocycles. The molecule has 0 saturated heterocycles. The predicted octanol–water partition coefficient (Wildman–Crippen LogP) is 1.81. The summed E-state index contributed by atoms with van der Waals surface area (Å²) in [7, 11) is 0. The second-order valence-corrected chi connectivity index (χ2v) is 3.78. The van der Waals surface area contributed by atoms with E-state index in [0.29, 0.717) is 5.76 Å². The highest BCUT2D eigenvalue weighted by Gasteiger charge is 2.12. The Hall–Kier alpha value is -1.56. The van der Waals surface area contributed by atoms with Crippen molar-refractivity contribution in [3.05, 3.63) is 32.7 Å². The third-order valence-electron chi connectivity index (χ3n) is 1.92. The van der Waals surface area contributed by atoms with Crippen molar-refractivity contribution in [2.45, 2.75) is 6.92 Å². The van der Waals surface area contributed by atoms with E-state index in [0.717, 1.165) is 5.56 Å². The van der Waals surface area contributed by atoms with Crippen molar-refractivity contribution in [1.82, 2.24) is 9.97 Å². The van der Waals surface area contributed by atoms with E-state index in [-0.39, 0.29) is 16.2 Å². The SMILES string of the molecule is Cc1ccoc1-c1nc(O)c(Br)c(=O)[nH]1. The minimum absolute atomic E-state index is 0.00968. The van der Waals surface area contributed by atoms with Crippen molar-refractivity contribution < 1.29 is 9.52 Å². The van der Waals surface area contributed by atoms with Gasteiger partial charge in [0.15, 0.2) is 11.6 Å². The third kappa shape index (κ3) is 1.68. The maximum Gasteiger partial charge on any atom is 0.269 e. The molecule has 2 rings (SSSR count). The van der Waals surface area contributed by atoms with Gasteiger partial charge in [-0.05, 0) is 34.5 Å². The number of nitrogens with zero attached hydrogens (tertiary/aromatic N) is 1. The molecule has 5 nitrogen and oxygen atoms in total. The Labute approximate surface area is 92.9 Å². The summed E-state index contributed by atoms with van der Waals surface area (Å²) in [6, 6.07) is 1.74. The first-order chi connectivity index (χ1) is 7.09. The van der Waals surface area contributed by atoms with Crippen LogP contribution in [0, 0.1) is 6.92 Å². The maximum absolute atomic E-state index is 11.3. The van der Waals surface area contributed by atoms with E-state index in [2.05, 4.69) is 25.9 Å². The minimum Gasteiger partial charge on any atom is -0.492 e. The third-order valence-corrected chi connectivity index (χ3v) is 2.64. The number of furan rings is 1. The molecule has 0 spiro atoms. The number of rotatable bonds is 1. The molecule has 2 aromatic heterocycles. The molecule has 78 valence electrons. The van der Waals surface area contributed by atoms with Gasteiger partial charge in [-0.1, -0.05) is 0 Å². The Bertz CT molecular complexity index is 559. The van der Waals surface area contributed by atoms with E-state index < -0.39 is 5.56 Å². The highest BCUT2D eigenvalue weighted by molar-refractivity contribution is 9.10. The number of halogens is 1. The van der Waals surface area contributed by atoms with Crippen LogP contribution in [0.25, 0.3) is 11.6 Å². The van der Waals surface area contributed by atoms with E-state index in [9.17, 15) is 9.90 Å². The molecule has 0 radical (unpaired) electrons. The first kappa shape index (κ1) is 9.97. The highest BCUT2D eigenvalue weighted by Crippen LogP contribution is 2.23. The van der Waals surface area contributed by atoms with E-state index in [1.165, 1.54) is 6.26 Å². The average Bonchev–Trinajstić information content (AvgIpc) is 2.60. The zero-order chi connectivity index (χ0) is 11.0. The monoisotopic (exact) mass is 270 g/mol. The molecule has 2 aromatic rings. The largest absolute Gasteiger partial charge is 0.492 e. The molecule has 0 amide bonds. The summed E-state index contributed by atoms with van der Waals surface area (Å²) >= 11 is 2.91. The summed E-state index contributed by atoms with van der Waals surface area (Å²) in [5.41, 5.74) is 0.383. The minimum atomic E-state index is -0.451. The van der Waals surface area contributed by atoms with Gasteiger partial charge >= 0.3 is 0 Å². The van der Waals surface area contributed by atoms with Gasteiger partial charge in [0.25, 0.3) is 5.56 Å². The van der Waals surface area contributed by atoms with E-state index in [1.54, 1.807) is 6.07 Å². The molecule has 15 heavy (non-hydrogen) atoms. The predicted molar refractivity (Wildman–Crippen MR) is 56.7 cm³/mol.